The summed E-state index contributed by atoms with van der Waals surface area (Å²) < 4.78 is 17.5. The summed E-state index contributed by atoms with van der Waals surface area (Å²) in [5, 5.41) is 8.61. The summed E-state index contributed by atoms with van der Waals surface area (Å²) in [5.74, 6) is 0.274. The van der Waals surface area contributed by atoms with Crippen molar-refractivity contribution in [2.45, 2.75) is 57.2 Å². The van der Waals surface area contributed by atoms with E-state index in [0.29, 0.717) is 37.1 Å². The predicted molar refractivity (Wildman–Crippen MR) is 87.4 cm³/mol. The van der Waals surface area contributed by atoms with Crippen molar-refractivity contribution in [3.05, 3.63) is 12.7 Å². The zero-order valence-electron chi connectivity index (χ0n) is 14.0. The molecule has 0 aliphatic carbocycles. The number of rotatable bonds is 13. The molecule has 23 heavy (non-hydrogen) atoms. The minimum atomic E-state index is -0.733. The molecule has 1 N–H and O–H groups in total. The van der Waals surface area contributed by atoms with Crippen molar-refractivity contribution < 1.29 is 24.1 Å². The molecular formula is C18H30O5. The van der Waals surface area contributed by atoms with Gasteiger partial charge in [-0.2, -0.15) is 0 Å². The molecule has 2 saturated heterocycles. The Morgan fingerprint density at radius 3 is 2.65 bits per heavy atom. The summed E-state index contributed by atoms with van der Waals surface area (Å²) in [7, 11) is 0. The fourth-order valence-electron chi connectivity index (χ4n) is 3.69. The van der Waals surface area contributed by atoms with Crippen LogP contribution in [0, 0.1) is 11.8 Å². The smallest absolute Gasteiger partial charge is 0.303 e. The van der Waals surface area contributed by atoms with E-state index < -0.39 is 5.97 Å². The van der Waals surface area contributed by atoms with E-state index >= 15 is 0 Å². The average Bonchev–Trinajstić information content (AvgIpc) is 3.12. The van der Waals surface area contributed by atoms with Gasteiger partial charge < -0.3 is 19.3 Å². The van der Waals surface area contributed by atoms with Crippen molar-refractivity contribution in [1.29, 1.82) is 0 Å². The van der Waals surface area contributed by atoms with Gasteiger partial charge in [0.25, 0.3) is 0 Å². The topological polar surface area (TPSA) is 65.0 Å². The third kappa shape index (κ3) is 5.90. The summed E-state index contributed by atoms with van der Waals surface area (Å²) in [5.41, 5.74) is 0. The van der Waals surface area contributed by atoms with E-state index in [1.54, 1.807) is 0 Å². The minimum absolute atomic E-state index is 0.227. The van der Waals surface area contributed by atoms with Crippen LogP contribution in [-0.2, 0) is 19.0 Å². The molecule has 2 bridgehead atoms. The third-order valence-electron chi connectivity index (χ3n) is 4.89. The first-order valence-corrected chi connectivity index (χ1v) is 8.86. The monoisotopic (exact) mass is 326 g/mol. The summed E-state index contributed by atoms with van der Waals surface area (Å²) >= 11 is 0. The van der Waals surface area contributed by atoms with Crippen LogP contribution in [0.4, 0.5) is 0 Å². The molecule has 2 aliphatic heterocycles. The molecule has 2 rings (SSSR count). The number of aliphatic carboxylic acids is 1. The van der Waals surface area contributed by atoms with Crippen LogP contribution < -0.4 is 0 Å². The molecule has 0 aromatic carbocycles. The van der Waals surface area contributed by atoms with Gasteiger partial charge in [-0.15, -0.1) is 6.58 Å². The lowest BCUT2D eigenvalue weighted by Gasteiger charge is -2.27. The van der Waals surface area contributed by atoms with Gasteiger partial charge in [0.15, 0.2) is 0 Å². The first-order valence-electron chi connectivity index (χ1n) is 8.86. The number of carboxylic acid groups (broad SMARTS) is 1. The molecule has 0 aromatic rings. The maximum Gasteiger partial charge on any atom is 0.303 e. The van der Waals surface area contributed by atoms with Gasteiger partial charge in [-0.1, -0.05) is 6.08 Å². The van der Waals surface area contributed by atoms with Gasteiger partial charge >= 0.3 is 5.97 Å². The van der Waals surface area contributed by atoms with Crippen molar-refractivity contribution in [2.75, 3.05) is 26.4 Å². The Morgan fingerprint density at radius 2 is 1.91 bits per heavy atom. The largest absolute Gasteiger partial charge is 0.481 e. The Hall–Kier alpha value is -0.910. The summed E-state index contributed by atoms with van der Waals surface area (Å²) in [6.45, 7) is 6.59. The second kappa shape index (κ2) is 10.1. The van der Waals surface area contributed by atoms with Crippen LogP contribution in [-0.4, -0.2) is 49.7 Å². The molecule has 2 aliphatic rings. The Balaban J connectivity index is 1.62. The number of unbranched alkanes of at least 4 members (excludes halogenated alkanes) is 1. The number of hydrogen-bond acceptors (Lipinski definition) is 4. The highest BCUT2D eigenvalue weighted by Crippen LogP contribution is 2.45. The zero-order chi connectivity index (χ0) is 16.5. The van der Waals surface area contributed by atoms with Gasteiger partial charge in [0.05, 0.1) is 18.8 Å². The Kier molecular flexibility index (Phi) is 8.06. The SMILES string of the molecule is C=CCCOCC[C@@H]1[C@H](COCCCCC(=O)O)[C@@H]2CC[C@H]1O2. The lowest BCUT2D eigenvalue weighted by molar-refractivity contribution is -0.137. The molecule has 0 aromatic heterocycles. The highest BCUT2D eigenvalue weighted by Gasteiger charge is 2.48. The van der Waals surface area contributed by atoms with Crippen LogP contribution in [0.2, 0.25) is 0 Å². The highest BCUT2D eigenvalue weighted by atomic mass is 16.5. The van der Waals surface area contributed by atoms with Crippen molar-refractivity contribution in [3.63, 3.8) is 0 Å². The number of hydrogen-bond donors (Lipinski definition) is 1. The molecule has 0 unspecified atom stereocenters. The highest BCUT2D eigenvalue weighted by molar-refractivity contribution is 5.66. The van der Waals surface area contributed by atoms with E-state index in [-0.39, 0.29) is 6.42 Å². The van der Waals surface area contributed by atoms with Gasteiger partial charge in [0.1, 0.15) is 0 Å². The summed E-state index contributed by atoms with van der Waals surface area (Å²) in [4.78, 5) is 10.5. The molecule has 5 nitrogen and oxygen atoms in total. The van der Waals surface area contributed by atoms with E-state index in [2.05, 4.69) is 6.58 Å². The molecule has 0 amide bonds. The normalized spacial score (nSPS) is 29.0. The van der Waals surface area contributed by atoms with Crippen LogP contribution in [0.15, 0.2) is 12.7 Å². The number of fused-ring (bicyclic) bond motifs is 2. The second-order valence-electron chi connectivity index (χ2n) is 6.52. The summed E-state index contributed by atoms with van der Waals surface area (Å²) in [6, 6.07) is 0. The van der Waals surface area contributed by atoms with E-state index in [4.69, 9.17) is 19.3 Å². The fourth-order valence-corrected chi connectivity index (χ4v) is 3.69. The molecule has 2 fully saturated rings. The molecule has 5 heteroatoms. The lowest BCUT2D eigenvalue weighted by atomic mass is 9.78. The van der Waals surface area contributed by atoms with Crippen molar-refractivity contribution >= 4 is 5.97 Å². The number of carboxylic acids is 1. The number of carbonyl (C=O) groups is 1. The van der Waals surface area contributed by atoms with E-state index in [9.17, 15) is 4.79 Å². The number of ether oxygens (including phenoxy) is 3. The Morgan fingerprint density at radius 1 is 1.13 bits per heavy atom. The molecule has 0 radical (unpaired) electrons. The maximum absolute atomic E-state index is 10.5. The molecule has 4 atom stereocenters. The first kappa shape index (κ1) is 18.4. The third-order valence-corrected chi connectivity index (χ3v) is 4.89. The van der Waals surface area contributed by atoms with Crippen molar-refractivity contribution in [3.8, 4) is 0 Å². The minimum Gasteiger partial charge on any atom is -0.481 e. The van der Waals surface area contributed by atoms with Crippen LogP contribution >= 0.6 is 0 Å². The van der Waals surface area contributed by atoms with Gasteiger partial charge in [0.2, 0.25) is 0 Å². The van der Waals surface area contributed by atoms with E-state index in [1.165, 1.54) is 0 Å². The Bertz CT molecular complexity index is 370. The van der Waals surface area contributed by atoms with Crippen LogP contribution in [0.1, 0.15) is 44.9 Å². The molecule has 2 heterocycles. The Labute approximate surface area is 139 Å². The van der Waals surface area contributed by atoms with Gasteiger partial charge in [-0.3, -0.25) is 4.79 Å². The quantitative estimate of drug-likeness (QED) is 0.416. The van der Waals surface area contributed by atoms with E-state index in [1.807, 2.05) is 6.08 Å². The average molecular weight is 326 g/mol. The van der Waals surface area contributed by atoms with Gasteiger partial charge in [0, 0.05) is 32.2 Å². The zero-order valence-corrected chi connectivity index (χ0v) is 14.0. The van der Waals surface area contributed by atoms with Crippen LogP contribution in [0.3, 0.4) is 0 Å². The van der Waals surface area contributed by atoms with Gasteiger partial charge in [-0.05, 0) is 44.4 Å². The van der Waals surface area contributed by atoms with Gasteiger partial charge in [-0.25, -0.2) is 0 Å². The summed E-state index contributed by atoms with van der Waals surface area (Å²) in [6.07, 6.45) is 8.56. The predicted octanol–water partition coefficient (Wildman–Crippen LogP) is 3.03. The van der Waals surface area contributed by atoms with Crippen molar-refractivity contribution in [1.82, 2.24) is 0 Å². The van der Waals surface area contributed by atoms with E-state index in [0.717, 1.165) is 51.9 Å². The second-order valence-corrected chi connectivity index (χ2v) is 6.52. The molecule has 0 saturated carbocycles. The van der Waals surface area contributed by atoms with Crippen LogP contribution in [0.25, 0.3) is 0 Å². The molecule has 132 valence electrons. The fraction of sp³-hybridized carbons (Fsp3) is 0.833. The van der Waals surface area contributed by atoms with Crippen LogP contribution in [0.5, 0.6) is 0 Å². The lowest BCUT2D eigenvalue weighted by Crippen LogP contribution is -2.31. The maximum atomic E-state index is 10.5. The molecular weight excluding hydrogens is 296 g/mol. The first-order chi connectivity index (χ1) is 11.2. The van der Waals surface area contributed by atoms with Crippen molar-refractivity contribution in [2.24, 2.45) is 11.8 Å². The standard InChI is InChI=1S/C18H30O5/c1-2-3-10-21-12-9-14-15(17-8-7-16(14)23-17)13-22-11-5-4-6-18(19)20/h2,14-17H,1,3-13H2,(H,19,20)/t14-,15+,16-,17+/m1/s1. The molecule has 0 spiro atoms.